The zero-order valence-corrected chi connectivity index (χ0v) is 11.7. The molecule has 0 heterocycles. The number of carbonyl (C=O) groups excluding carboxylic acids is 1. The largest absolute Gasteiger partial charge is 0.480 e. The van der Waals surface area contributed by atoms with E-state index >= 15 is 0 Å². The van der Waals surface area contributed by atoms with Gasteiger partial charge in [-0.3, -0.25) is 9.59 Å². The molecule has 19 heavy (non-hydrogen) atoms. The lowest BCUT2D eigenvalue weighted by Crippen LogP contribution is -2.45. The molecule has 1 amide bonds. The number of carbonyl (C=O) groups is 2. The molecule has 5 nitrogen and oxygen atoms in total. The van der Waals surface area contributed by atoms with Crippen LogP contribution in [0, 0.1) is 5.41 Å². The highest BCUT2D eigenvalue weighted by Crippen LogP contribution is 2.39. The molecule has 0 bridgehead atoms. The van der Waals surface area contributed by atoms with E-state index in [1.807, 2.05) is 0 Å². The van der Waals surface area contributed by atoms with Crippen LogP contribution >= 0.6 is 0 Å². The van der Waals surface area contributed by atoms with Crippen molar-refractivity contribution in [3.8, 4) is 0 Å². The van der Waals surface area contributed by atoms with Crippen molar-refractivity contribution in [2.75, 3.05) is 20.2 Å². The molecule has 1 saturated carbocycles. The summed E-state index contributed by atoms with van der Waals surface area (Å²) in [7, 11) is 1.69. The zero-order valence-electron chi connectivity index (χ0n) is 11.7. The number of carboxylic acid groups (broad SMARTS) is 1. The minimum absolute atomic E-state index is 0.205. The van der Waals surface area contributed by atoms with E-state index in [-0.39, 0.29) is 12.5 Å². The van der Waals surface area contributed by atoms with Crippen LogP contribution in [0.5, 0.6) is 0 Å². The first-order valence-electron chi connectivity index (χ1n) is 7.14. The van der Waals surface area contributed by atoms with Gasteiger partial charge in [-0.05, 0) is 25.7 Å². The van der Waals surface area contributed by atoms with Gasteiger partial charge in [0, 0.05) is 20.2 Å². The van der Waals surface area contributed by atoms with Crippen LogP contribution in [-0.4, -0.2) is 47.2 Å². The summed E-state index contributed by atoms with van der Waals surface area (Å²) in [5.74, 6) is -1.21. The van der Waals surface area contributed by atoms with Crippen LogP contribution in [0.15, 0.2) is 0 Å². The molecule has 5 heteroatoms. The molecule has 1 aliphatic carbocycles. The first-order chi connectivity index (χ1) is 9.04. The Kier molecular flexibility index (Phi) is 6.28. The standard InChI is InChI=1S/C14H25NO4/c1-15(10-6-2-3-7-11-16)12(17)14(13(18)19)8-4-5-9-14/h16H,2-11H2,1H3,(H,18,19). The number of nitrogens with zero attached hydrogens (tertiary/aromatic N) is 1. The third kappa shape index (κ3) is 3.93. The summed E-state index contributed by atoms with van der Waals surface area (Å²) in [6, 6.07) is 0. The lowest BCUT2D eigenvalue weighted by molar-refractivity contribution is -0.159. The molecule has 0 unspecified atom stereocenters. The Morgan fingerprint density at radius 1 is 1.11 bits per heavy atom. The number of unbranched alkanes of at least 4 members (excludes halogenated alkanes) is 3. The van der Waals surface area contributed by atoms with Gasteiger partial charge >= 0.3 is 5.97 Å². The molecule has 0 aromatic carbocycles. The van der Waals surface area contributed by atoms with Gasteiger partial charge in [0.1, 0.15) is 5.41 Å². The van der Waals surface area contributed by atoms with Crippen molar-refractivity contribution >= 4 is 11.9 Å². The summed E-state index contributed by atoms with van der Waals surface area (Å²) < 4.78 is 0. The number of hydrogen-bond donors (Lipinski definition) is 2. The summed E-state index contributed by atoms with van der Waals surface area (Å²) in [6.45, 7) is 0.802. The number of carboxylic acids is 1. The van der Waals surface area contributed by atoms with Gasteiger partial charge in [0.2, 0.25) is 5.91 Å². The Balaban J connectivity index is 2.44. The Morgan fingerprint density at radius 3 is 2.21 bits per heavy atom. The summed E-state index contributed by atoms with van der Waals surface area (Å²) in [5.41, 5.74) is -1.17. The van der Waals surface area contributed by atoms with Crippen molar-refractivity contribution < 1.29 is 19.8 Å². The molecular formula is C14H25NO4. The fraction of sp³-hybridized carbons (Fsp3) is 0.857. The SMILES string of the molecule is CN(CCCCCCO)C(=O)C1(C(=O)O)CCCC1. The van der Waals surface area contributed by atoms with E-state index in [4.69, 9.17) is 5.11 Å². The van der Waals surface area contributed by atoms with Crippen LogP contribution < -0.4 is 0 Å². The van der Waals surface area contributed by atoms with Gasteiger partial charge in [0.15, 0.2) is 0 Å². The average molecular weight is 271 g/mol. The highest BCUT2D eigenvalue weighted by Gasteiger charge is 2.49. The fourth-order valence-corrected chi connectivity index (χ4v) is 2.78. The highest BCUT2D eigenvalue weighted by molar-refractivity contribution is 6.02. The van der Waals surface area contributed by atoms with Gasteiger partial charge in [0.05, 0.1) is 0 Å². The summed E-state index contributed by atoms with van der Waals surface area (Å²) >= 11 is 0. The molecule has 0 aliphatic heterocycles. The van der Waals surface area contributed by atoms with Gasteiger partial charge in [-0.15, -0.1) is 0 Å². The van der Waals surface area contributed by atoms with Crippen LogP contribution in [0.2, 0.25) is 0 Å². The summed E-state index contributed by atoms with van der Waals surface area (Å²) in [5, 5.41) is 18.0. The lowest BCUT2D eigenvalue weighted by Gasteiger charge is -2.28. The first kappa shape index (κ1) is 16.0. The van der Waals surface area contributed by atoms with E-state index in [0.29, 0.717) is 19.4 Å². The minimum atomic E-state index is -1.17. The van der Waals surface area contributed by atoms with Crippen molar-refractivity contribution in [1.82, 2.24) is 4.90 Å². The number of aliphatic hydroxyl groups excluding tert-OH is 1. The molecule has 110 valence electrons. The quantitative estimate of drug-likeness (QED) is 0.519. The van der Waals surface area contributed by atoms with Gasteiger partial charge < -0.3 is 15.1 Å². The molecule has 0 radical (unpaired) electrons. The predicted molar refractivity (Wildman–Crippen MR) is 71.7 cm³/mol. The molecule has 1 rings (SSSR count). The van der Waals surface area contributed by atoms with Gasteiger partial charge in [-0.2, -0.15) is 0 Å². The molecule has 0 aromatic rings. The lowest BCUT2D eigenvalue weighted by atomic mass is 9.84. The van der Waals surface area contributed by atoms with Crippen LogP contribution in [0.1, 0.15) is 51.4 Å². The maximum atomic E-state index is 12.3. The van der Waals surface area contributed by atoms with E-state index in [1.165, 1.54) is 0 Å². The van der Waals surface area contributed by atoms with Crippen LogP contribution in [-0.2, 0) is 9.59 Å². The van der Waals surface area contributed by atoms with Crippen molar-refractivity contribution in [1.29, 1.82) is 0 Å². The number of aliphatic carboxylic acids is 1. The topological polar surface area (TPSA) is 77.8 Å². The van der Waals surface area contributed by atoms with Crippen molar-refractivity contribution in [2.45, 2.75) is 51.4 Å². The van der Waals surface area contributed by atoms with E-state index in [1.54, 1.807) is 11.9 Å². The summed E-state index contributed by atoms with van der Waals surface area (Å²) in [6.07, 6.45) is 6.13. The Morgan fingerprint density at radius 2 is 1.68 bits per heavy atom. The van der Waals surface area contributed by atoms with Crippen molar-refractivity contribution in [2.24, 2.45) is 5.41 Å². The molecule has 0 spiro atoms. The molecular weight excluding hydrogens is 246 g/mol. The molecule has 1 fully saturated rings. The average Bonchev–Trinajstić information content (AvgIpc) is 2.88. The van der Waals surface area contributed by atoms with Crippen molar-refractivity contribution in [3.63, 3.8) is 0 Å². The minimum Gasteiger partial charge on any atom is -0.480 e. The van der Waals surface area contributed by atoms with Crippen LogP contribution in [0.25, 0.3) is 0 Å². The van der Waals surface area contributed by atoms with E-state index in [0.717, 1.165) is 38.5 Å². The monoisotopic (exact) mass is 271 g/mol. The van der Waals surface area contributed by atoms with Gasteiger partial charge in [-0.25, -0.2) is 0 Å². The second-order valence-electron chi connectivity index (χ2n) is 5.46. The van der Waals surface area contributed by atoms with Gasteiger partial charge in [0.25, 0.3) is 0 Å². The molecule has 2 N–H and O–H groups in total. The molecule has 0 aromatic heterocycles. The number of hydrogen-bond acceptors (Lipinski definition) is 3. The van der Waals surface area contributed by atoms with E-state index in [9.17, 15) is 14.7 Å². The zero-order chi connectivity index (χ0) is 14.3. The summed E-state index contributed by atoms with van der Waals surface area (Å²) in [4.78, 5) is 25.3. The number of aliphatic hydroxyl groups is 1. The second-order valence-corrected chi connectivity index (χ2v) is 5.46. The van der Waals surface area contributed by atoms with E-state index < -0.39 is 11.4 Å². The molecule has 1 aliphatic rings. The normalized spacial score (nSPS) is 17.4. The molecule has 0 atom stereocenters. The van der Waals surface area contributed by atoms with E-state index in [2.05, 4.69) is 0 Å². The van der Waals surface area contributed by atoms with Crippen LogP contribution in [0.3, 0.4) is 0 Å². The predicted octanol–water partition coefficient (Wildman–Crippen LogP) is 1.64. The third-order valence-corrected chi connectivity index (χ3v) is 4.02. The van der Waals surface area contributed by atoms with Gasteiger partial charge in [-0.1, -0.05) is 25.7 Å². The number of rotatable bonds is 8. The van der Waals surface area contributed by atoms with Crippen molar-refractivity contribution in [3.05, 3.63) is 0 Å². The first-order valence-corrected chi connectivity index (χ1v) is 7.14. The van der Waals surface area contributed by atoms with Crippen LogP contribution in [0.4, 0.5) is 0 Å². The maximum absolute atomic E-state index is 12.3. The smallest absolute Gasteiger partial charge is 0.319 e. The fourth-order valence-electron chi connectivity index (χ4n) is 2.78. The highest BCUT2D eigenvalue weighted by atomic mass is 16.4. The molecule has 0 saturated heterocycles. The third-order valence-electron chi connectivity index (χ3n) is 4.02. The Labute approximate surface area is 114 Å². The Hall–Kier alpha value is -1.10. The number of amides is 1. The maximum Gasteiger partial charge on any atom is 0.319 e. The second kappa shape index (κ2) is 7.48. The Bertz CT molecular complexity index is 311.